The Bertz CT molecular complexity index is 1410. The van der Waals surface area contributed by atoms with E-state index in [0.717, 1.165) is 4.80 Å². The fraction of sp³-hybridized carbons (Fsp3) is 0.174. The predicted octanol–water partition coefficient (Wildman–Crippen LogP) is 5.91. The normalized spacial score (nSPS) is 12.9. The summed E-state index contributed by atoms with van der Waals surface area (Å²) >= 11 is 6.34. The summed E-state index contributed by atoms with van der Waals surface area (Å²) in [6, 6.07) is 6.22. The van der Waals surface area contributed by atoms with Crippen molar-refractivity contribution in [3.8, 4) is 17.1 Å². The molecule has 7 nitrogen and oxygen atoms in total. The maximum atomic E-state index is 13.2. The largest absolute Gasteiger partial charge is 0.416 e. The Morgan fingerprint density at radius 3 is 2.22 bits per heavy atom. The van der Waals surface area contributed by atoms with Crippen LogP contribution in [0.1, 0.15) is 40.1 Å². The van der Waals surface area contributed by atoms with Gasteiger partial charge in [-0.05, 0) is 43.3 Å². The van der Waals surface area contributed by atoms with Crippen LogP contribution in [0.3, 0.4) is 0 Å². The zero-order valence-corrected chi connectivity index (χ0v) is 19.4. The molecule has 0 saturated heterocycles. The van der Waals surface area contributed by atoms with Gasteiger partial charge in [0.15, 0.2) is 0 Å². The molecule has 1 N–H and O–H groups in total. The van der Waals surface area contributed by atoms with Gasteiger partial charge in [0.25, 0.3) is 5.91 Å². The maximum absolute atomic E-state index is 13.2. The van der Waals surface area contributed by atoms with Crippen molar-refractivity contribution < 1.29 is 31.1 Å². The lowest BCUT2D eigenvalue weighted by molar-refractivity contribution is -0.143. The van der Waals surface area contributed by atoms with Crippen LogP contribution < -0.4 is 5.32 Å². The average molecular weight is 541 g/mol. The molecule has 1 unspecified atom stereocenters. The highest BCUT2D eigenvalue weighted by atomic mass is 35.5. The fourth-order valence-electron chi connectivity index (χ4n) is 3.40. The SMILES string of the molecule is CC(NC(=O)c1cc(C(F)(F)F)cc(C(F)(F)F)c1)c1nccc(Cl)c1-n1ncc(-c2ccccn2)n1. The van der Waals surface area contributed by atoms with Crippen molar-refractivity contribution in [1.29, 1.82) is 0 Å². The Balaban J connectivity index is 1.67. The van der Waals surface area contributed by atoms with Crippen LogP contribution in [-0.4, -0.2) is 30.9 Å². The minimum atomic E-state index is -5.10. The zero-order valence-electron chi connectivity index (χ0n) is 18.6. The van der Waals surface area contributed by atoms with Gasteiger partial charge in [-0.2, -0.15) is 31.4 Å². The third kappa shape index (κ3) is 5.71. The Labute approximate surface area is 210 Å². The van der Waals surface area contributed by atoms with Gasteiger partial charge < -0.3 is 5.32 Å². The third-order valence-electron chi connectivity index (χ3n) is 5.13. The van der Waals surface area contributed by atoms with Gasteiger partial charge in [0.05, 0.1) is 39.8 Å². The number of hydrogen-bond acceptors (Lipinski definition) is 5. The van der Waals surface area contributed by atoms with Gasteiger partial charge in [0.1, 0.15) is 11.4 Å². The van der Waals surface area contributed by atoms with E-state index in [2.05, 4.69) is 25.5 Å². The molecule has 1 aromatic carbocycles. The molecular weight excluding hydrogens is 526 g/mol. The number of hydrogen-bond donors (Lipinski definition) is 1. The first kappa shape index (κ1) is 26.1. The second-order valence-corrected chi connectivity index (χ2v) is 8.16. The van der Waals surface area contributed by atoms with Gasteiger partial charge in [-0.15, -0.1) is 9.90 Å². The molecule has 37 heavy (non-hydrogen) atoms. The van der Waals surface area contributed by atoms with Crippen LogP contribution in [-0.2, 0) is 12.4 Å². The summed E-state index contributed by atoms with van der Waals surface area (Å²) in [6.07, 6.45) is -5.90. The number of rotatable bonds is 5. The first-order valence-corrected chi connectivity index (χ1v) is 10.8. The molecule has 0 aliphatic carbocycles. The summed E-state index contributed by atoms with van der Waals surface area (Å²) in [5.41, 5.74) is -2.86. The standard InChI is InChI=1S/C23H15ClF6N6O/c1-12(34-21(37)13-8-14(22(25,26)27)10-15(9-13)23(28,29)30)19-20(16(24)5-7-32-19)36-33-11-18(35-36)17-4-2-3-6-31-17/h2-12H,1H3,(H,34,37). The van der Waals surface area contributed by atoms with E-state index in [1.165, 1.54) is 25.4 Å². The van der Waals surface area contributed by atoms with Gasteiger partial charge in [0, 0.05) is 18.0 Å². The molecule has 14 heteroatoms. The first-order valence-electron chi connectivity index (χ1n) is 10.4. The average Bonchev–Trinajstić information content (AvgIpc) is 3.33. The van der Waals surface area contributed by atoms with Crippen LogP contribution in [0.15, 0.2) is 61.1 Å². The van der Waals surface area contributed by atoms with Gasteiger partial charge in [0.2, 0.25) is 0 Å². The molecule has 0 fully saturated rings. The number of carbonyl (C=O) groups excluding carboxylic acids is 1. The molecule has 192 valence electrons. The number of pyridine rings is 2. The van der Waals surface area contributed by atoms with Crippen molar-refractivity contribution >= 4 is 17.5 Å². The van der Waals surface area contributed by atoms with E-state index in [9.17, 15) is 31.1 Å². The van der Waals surface area contributed by atoms with Crippen LogP contribution in [0, 0.1) is 0 Å². The molecular formula is C23H15ClF6N6O. The Kier molecular flexibility index (Phi) is 6.91. The summed E-state index contributed by atoms with van der Waals surface area (Å²) < 4.78 is 79.2. The molecule has 3 aromatic heterocycles. The number of nitrogens with zero attached hydrogens (tertiary/aromatic N) is 5. The van der Waals surface area contributed by atoms with Crippen molar-refractivity contribution in [3.63, 3.8) is 0 Å². The fourth-order valence-corrected chi connectivity index (χ4v) is 3.63. The lowest BCUT2D eigenvalue weighted by Gasteiger charge is -2.18. The highest BCUT2D eigenvalue weighted by Gasteiger charge is 2.37. The molecule has 4 rings (SSSR count). The molecule has 3 heterocycles. The monoisotopic (exact) mass is 540 g/mol. The predicted molar refractivity (Wildman–Crippen MR) is 120 cm³/mol. The summed E-state index contributed by atoms with van der Waals surface area (Å²) in [7, 11) is 0. The highest BCUT2D eigenvalue weighted by molar-refractivity contribution is 6.32. The maximum Gasteiger partial charge on any atom is 0.416 e. The number of nitrogens with one attached hydrogen (secondary N) is 1. The van der Waals surface area contributed by atoms with Crippen LogP contribution >= 0.6 is 11.6 Å². The van der Waals surface area contributed by atoms with E-state index in [-0.39, 0.29) is 22.5 Å². The van der Waals surface area contributed by atoms with Crippen LogP contribution in [0.25, 0.3) is 17.1 Å². The lowest BCUT2D eigenvalue weighted by Crippen LogP contribution is -2.29. The first-order chi connectivity index (χ1) is 17.3. The van der Waals surface area contributed by atoms with Gasteiger partial charge in [-0.25, -0.2) is 0 Å². The second kappa shape index (κ2) is 9.81. The van der Waals surface area contributed by atoms with Gasteiger partial charge in [-0.3, -0.25) is 14.8 Å². The molecule has 0 bridgehead atoms. The number of aromatic nitrogens is 5. The van der Waals surface area contributed by atoms with E-state index < -0.39 is 41.0 Å². The molecule has 1 atom stereocenters. The summed E-state index contributed by atoms with van der Waals surface area (Å²) in [4.78, 5) is 22.3. The van der Waals surface area contributed by atoms with Crippen molar-refractivity contribution in [2.45, 2.75) is 25.3 Å². The van der Waals surface area contributed by atoms with Crippen molar-refractivity contribution in [1.82, 2.24) is 30.3 Å². The van der Waals surface area contributed by atoms with E-state index >= 15 is 0 Å². The second-order valence-electron chi connectivity index (χ2n) is 7.75. The van der Waals surface area contributed by atoms with E-state index in [4.69, 9.17) is 11.6 Å². The molecule has 0 saturated carbocycles. The zero-order chi connectivity index (χ0) is 27.0. The molecule has 0 aliphatic heterocycles. The number of alkyl halides is 6. The quantitative estimate of drug-likeness (QED) is 0.318. The minimum absolute atomic E-state index is 0.0562. The minimum Gasteiger partial charge on any atom is -0.344 e. The molecule has 1 amide bonds. The van der Waals surface area contributed by atoms with Crippen molar-refractivity contribution in [2.24, 2.45) is 0 Å². The van der Waals surface area contributed by atoms with E-state index in [0.29, 0.717) is 23.5 Å². The van der Waals surface area contributed by atoms with E-state index in [1.54, 1.807) is 24.4 Å². The van der Waals surface area contributed by atoms with Gasteiger partial charge in [-0.1, -0.05) is 17.7 Å². The number of amides is 1. The van der Waals surface area contributed by atoms with Crippen molar-refractivity contribution in [2.75, 3.05) is 0 Å². The molecule has 0 spiro atoms. The van der Waals surface area contributed by atoms with E-state index in [1.807, 2.05) is 0 Å². The smallest absolute Gasteiger partial charge is 0.344 e. The number of halogens is 7. The van der Waals surface area contributed by atoms with Crippen LogP contribution in [0.5, 0.6) is 0 Å². The number of carbonyl (C=O) groups is 1. The third-order valence-corrected chi connectivity index (χ3v) is 5.44. The topological polar surface area (TPSA) is 85.6 Å². The van der Waals surface area contributed by atoms with Crippen molar-refractivity contribution in [3.05, 3.63) is 88.5 Å². The Hall–Kier alpha value is -4.00. The summed E-state index contributed by atoms with van der Waals surface area (Å²) in [5.74, 6) is -1.18. The highest BCUT2D eigenvalue weighted by Crippen LogP contribution is 2.36. The molecule has 0 aliphatic rings. The summed E-state index contributed by atoms with van der Waals surface area (Å²) in [6.45, 7) is 1.43. The molecule has 0 radical (unpaired) electrons. The summed E-state index contributed by atoms with van der Waals surface area (Å²) in [5, 5.41) is 11.0. The van der Waals surface area contributed by atoms with Crippen LogP contribution in [0.2, 0.25) is 5.02 Å². The lowest BCUT2D eigenvalue weighted by atomic mass is 10.0. The van der Waals surface area contributed by atoms with Gasteiger partial charge >= 0.3 is 12.4 Å². The Morgan fingerprint density at radius 1 is 0.946 bits per heavy atom. The Morgan fingerprint density at radius 2 is 1.62 bits per heavy atom. The molecule has 4 aromatic rings. The number of benzene rings is 1. The van der Waals surface area contributed by atoms with Crippen LogP contribution in [0.4, 0.5) is 26.3 Å².